The van der Waals surface area contributed by atoms with Gasteiger partial charge in [0.1, 0.15) is 0 Å². The standard InChI is InChI=1S/C16H18O6/c17-11-9-6-7-15(12(18)21-11,10-4-2-1-3-5-10)16(8-9)13(19)22-14(16)20/h9-10H,1-8H2. The van der Waals surface area contributed by atoms with Crippen molar-refractivity contribution < 1.29 is 28.7 Å². The Morgan fingerprint density at radius 2 is 1.50 bits per heavy atom. The maximum atomic E-state index is 12.8. The Morgan fingerprint density at radius 3 is 2.14 bits per heavy atom. The molecule has 0 aromatic heterocycles. The molecular formula is C16H18O6. The zero-order chi connectivity index (χ0) is 15.5. The number of esters is 4. The Labute approximate surface area is 127 Å². The third kappa shape index (κ3) is 1.41. The molecule has 0 N–H and O–H groups in total. The van der Waals surface area contributed by atoms with E-state index in [1.165, 1.54) is 0 Å². The number of hydrogen-bond donors (Lipinski definition) is 0. The fourth-order valence-corrected chi connectivity index (χ4v) is 5.15. The van der Waals surface area contributed by atoms with Crippen LogP contribution in [-0.4, -0.2) is 23.9 Å². The van der Waals surface area contributed by atoms with Gasteiger partial charge < -0.3 is 9.47 Å². The van der Waals surface area contributed by atoms with Crippen molar-refractivity contribution in [2.45, 2.75) is 51.4 Å². The summed E-state index contributed by atoms with van der Waals surface area (Å²) in [4.78, 5) is 49.4. The molecule has 6 heteroatoms. The molecule has 5 rings (SSSR count). The van der Waals surface area contributed by atoms with Crippen LogP contribution < -0.4 is 0 Å². The summed E-state index contributed by atoms with van der Waals surface area (Å²) >= 11 is 0. The van der Waals surface area contributed by atoms with E-state index in [9.17, 15) is 19.2 Å². The van der Waals surface area contributed by atoms with Crippen molar-refractivity contribution in [1.82, 2.24) is 0 Å². The maximum Gasteiger partial charge on any atom is 0.332 e. The summed E-state index contributed by atoms with van der Waals surface area (Å²) in [6, 6.07) is 0. The number of fused-ring (bicyclic) bond motifs is 3. The lowest BCUT2D eigenvalue weighted by Gasteiger charge is -2.54. The molecule has 2 aliphatic carbocycles. The molecule has 3 saturated heterocycles. The Bertz CT molecular complexity index is 573. The molecule has 118 valence electrons. The quantitative estimate of drug-likeness (QED) is 0.539. The minimum Gasteiger partial charge on any atom is -0.392 e. The first-order valence-corrected chi connectivity index (χ1v) is 8.05. The first kappa shape index (κ1) is 13.9. The van der Waals surface area contributed by atoms with Crippen molar-refractivity contribution in [2.75, 3.05) is 0 Å². The molecule has 0 amide bonds. The monoisotopic (exact) mass is 306 g/mol. The highest BCUT2D eigenvalue weighted by Gasteiger charge is 2.79. The van der Waals surface area contributed by atoms with Gasteiger partial charge in [0.25, 0.3) is 0 Å². The van der Waals surface area contributed by atoms with Crippen LogP contribution in [0.3, 0.4) is 0 Å². The van der Waals surface area contributed by atoms with Gasteiger partial charge in [0.2, 0.25) is 0 Å². The first-order chi connectivity index (χ1) is 10.5. The molecule has 2 unspecified atom stereocenters. The van der Waals surface area contributed by atoms with E-state index < -0.39 is 40.6 Å². The molecule has 0 radical (unpaired) electrons. The fraction of sp³-hybridized carbons (Fsp3) is 0.750. The van der Waals surface area contributed by atoms with Gasteiger partial charge in [-0.3, -0.25) is 19.2 Å². The molecular weight excluding hydrogens is 288 g/mol. The van der Waals surface area contributed by atoms with E-state index in [0.29, 0.717) is 12.8 Å². The molecule has 5 fully saturated rings. The van der Waals surface area contributed by atoms with E-state index in [2.05, 4.69) is 4.74 Å². The van der Waals surface area contributed by atoms with Gasteiger partial charge in [-0.05, 0) is 38.0 Å². The second kappa shape index (κ2) is 4.40. The summed E-state index contributed by atoms with van der Waals surface area (Å²) in [6.07, 6.45) is 5.55. The Kier molecular flexibility index (Phi) is 2.78. The van der Waals surface area contributed by atoms with Gasteiger partial charge in [-0.25, -0.2) is 0 Å². The Balaban J connectivity index is 1.88. The average molecular weight is 306 g/mol. The van der Waals surface area contributed by atoms with Crippen molar-refractivity contribution >= 4 is 23.9 Å². The molecule has 6 nitrogen and oxygen atoms in total. The van der Waals surface area contributed by atoms with Gasteiger partial charge >= 0.3 is 23.9 Å². The molecule has 1 spiro atoms. The van der Waals surface area contributed by atoms with Crippen molar-refractivity contribution in [1.29, 1.82) is 0 Å². The summed E-state index contributed by atoms with van der Waals surface area (Å²) in [6.45, 7) is 0. The van der Waals surface area contributed by atoms with E-state index in [1.54, 1.807) is 0 Å². The summed E-state index contributed by atoms with van der Waals surface area (Å²) in [5.41, 5.74) is -2.66. The van der Waals surface area contributed by atoms with Crippen LogP contribution in [0.4, 0.5) is 0 Å². The zero-order valence-corrected chi connectivity index (χ0v) is 12.3. The number of cyclic esters (lactones) is 2. The maximum absolute atomic E-state index is 12.8. The average Bonchev–Trinajstić information content (AvgIpc) is 2.72. The molecule has 0 aromatic rings. The highest BCUT2D eigenvalue weighted by molar-refractivity contribution is 6.19. The van der Waals surface area contributed by atoms with Gasteiger partial charge in [0.05, 0.1) is 11.3 Å². The molecule has 2 bridgehead atoms. The van der Waals surface area contributed by atoms with Crippen LogP contribution in [0.5, 0.6) is 0 Å². The topological polar surface area (TPSA) is 86.7 Å². The largest absolute Gasteiger partial charge is 0.392 e. The lowest BCUT2D eigenvalue weighted by Crippen LogP contribution is -2.69. The predicted octanol–water partition coefficient (Wildman–Crippen LogP) is 1.51. The summed E-state index contributed by atoms with van der Waals surface area (Å²) in [5, 5.41) is 0. The SMILES string of the molecule is O=C1OC(=O)C2(C3CCCCC3)CCC1CC21C(=O)OC1=O. The highest BCUT2D eigenvalue weighted by Crippen LogP contribution is 2.65. The summed E-state index contributed by atoms with van der Waals surface area (Å²) in [7, 11) is 0. The molecule has 3 heterocycles. The molecule has 2 atom stereocenters. The van der Waals surface area contributed by atoms with Crippen molar-refractivity contribution in [3.05, 3.63) is 0 Å². The Morgan fingerprint density at radius 1 is 0.818 bits per heavy atom. The molecule has 5 aliphatic rings. The highest BCUT2D eigenvalue weighted by atomic mass is 16.6. The Hall–Kier alpha value is -1.72. The molecule has 3 aliphatic heterocycles. The van der Waals surface area contributed by atoms with Crippen LogP contribution in [0.25, 0.3) is 0 Å². The van der Waals surface area contributed by atoms with Crippen molar-refractivity contribution in [3.63, 3.8) is 0 Å². The van der Waals surface area contributed by atoms with Crippen LogP contribution >= 0.6 is 0 Å². The van der Waals surface area contributed by atoms with Crippen LogP contribution in [-0.2, 0) is 28.7 Å². The normalized spacial score (nSPS) is 37.5. The van der Waals surface area contributed by atoms with Gasteiger partial charge in [0.15, 0.2) is 5.41 Å². The van der Waals surface area contributed by atoms with Crippen LogP contribution in [0, 0.1) is 22.7 Å². The van der Waals surface area contributed by atoms with E-state index >= 15 is 0 Å². The second-order valence-corrected chi connectivity index (χ2v) is 7.04. The second-order valence-electron chi connectivity index (χ2n) is 7.04. The van der Waals surface area contributed by atoms with Gasteiger partial charge in [0, 0.05) is 0 Å². The summed E-state index contributed by atoms with van der Waals surface area (Å²) in [5.74, 6) is -3.18. The number of hydrogen-bond acceptors (Lipinski definition) is 6. The zero-order valence-electron chi connectivity index (χ0n) is 12.3. The van der Waals surface area contributed by atoms with Gasteiger partial charge in [-0.2, -0.15) is 0 Å². The van der Waals surface area contributed by atoms with Crippen molar-refractivity contribution in [2.24, 2.45) is 22.7 Å². The van der Waals surface area contributed by atoms with Crippen molar-refractivity contribution in [3.8, 4) is 0 Å². The lowest BCUT2D eigenvalue weighted by atomic mass is 9.46. The van der Waals surface area contributed by atoms with Crippen LogP contribution in [0.1, 0.15) is 51.4 Å². The summed E-state index contributed by atoms with van der Waals surface area (Å²) < 4.78 is 9.69. The number of rotatable bonds is 1. The lowest BCUT2D eigenvalue weighted by molar-refractivity contribution is -0.225. The molecule has 2 saturated carbocycles. The minimum absolute atomic E-state index is 0.0751. The predicted molar refractivity (Wildman–Crippen MR) is 71.0 cm³/mol. The fourth-order valence-electron chi connectivity index (χ4n) is 5.15. The van der Waals surface area contributed by atoms with E-state index in [0.717, 1.165) is 32.1 Å². The van der Waals surface area contributed by atoms with E-state index in [-0.39, 0.29) is 12.3 Å². The third-order valence-corrected chi connectivity index (χ3v) is 6.28. The van der Waals surface area contributed by atoms with E-state index in [4.69, 9.17) is 4.74 Å². The van der Waals surface area contributed by atoms with Crippen LogP contribution in [0.2, 0.25) is 0 Å². The number of carbonyl (C=O) groups excluding carboxylic acids is 4. The number of carbonyl (C=O) groups is 4. The minimum atomic E-state index is -1.47. The van der Waals surface area contributed by atoms with Gasteiger partial charge in [-0.1, -0.05) is 19.3 Å². The first-order valence-electron chi connectivity index (χ1n) is 8.05. The number of ether oxygens (including phenoxy) is 2. The van der Waals surface area contributed by atoms with E-state index in [1.807, 2.05) is 0 Å². The van der Waals surface area contributed by atoms with Crippen LogP contribution in [0.15, 0.2) is 0 Å². The molecule has 0 aromatic carbocycles. The molecule has 22 heavy (non-hydrogen) atoms. The van der Waals surface area contributed by atoms with Gasteiger partial charge in [-0.15, -0.1) is 0 Å². The smallest absolute Gasteiger partial charge is 0.332 e. The third-order valence-electron chi connectivity index (χ3n) is 6.28.